The molecule has 0 radical (unpaired) electrons. The molecule has 3 heteroatoms. The van der Waals surface area contributed by atoms with Crippen LogP contribution in [0.1, 0.15) is 40.5 Å². The molecule has 2 fully saturated rings. The number of hydrogen-bond donors (Lipinski definition) is 1. The Labute approximate surface area is 105 Å². The van der Waals surface area contributed by atoms with Gasteiger partial charge in [0.15, 0.2) is 0 Å². The number of fused-ring (bicyclic) bond motifs is 1. The minimum Gasteiger partial charge on any atom is -0.339 e. The maximum atomic E-state index is 12.4. The smallest absolute Gasteiger partial charge is 0.223 e. The van der Waals surface area contributed by atoms with Gasteiger partial charge in [-0.3, -0.25) is 4.79 Å². The van der Waals surface area contributed by atoms with Crippen LogP contribution in [0.15, 0.2) is 0 Å². The molecule has 3 nitrogen and oxygen atoms in total. The van der Waals surface area contributed by atoms with Gasteiger partial charge in [0.1, 0.15) is 0 Å². The van der Waals surface area contributed by atoms with E-state index in [9.17, 15) is 4.79 Å². The Morgan fingerprint density at radius 2 is 2.06 bits per heavy atom. The van der Waals surface area contributed by atoms with Gasteiger partial charge in [0.2, 0.25) is 5.91 Å². The highest BCUT2D eigenvalue weighted by Crippen LogP contribution is 2.35. The summed E-state index contributed by atoms with van der Waals surface area (Å²) in [7, 11) is 0. The molecule has 3 unspecified atom stereocenters. The van der Waals surface area contributed by atoms with Gasteiger partial charge in [-0.05, 0) is 23.7 Å². The fourth-order valence-corrected chi connectivity index (χ4v) is 3.39. The molecule has 0 spiro atoms. The molecule has 0 aromatic carbocycles. The minimum atomic E-state index is 0.103. The zero-order valence-corrected chi connectivity index (χ0v) is 11.6. The first-order valence-electron chi connectivity index (χ1n) is 6.92. The van der Waals surface area contributed by atoms with Crippen molar-refractivity contribution in [3.05, 3.63) is 0 Å². The van der Waals surface area contributed by atoms with Gasteiger partial charge in [-0.1, -0.05) is 27.7 Å². The van der Waals surface area contributed by atoms with Crippen LogP contribution in [-0.2, 0) is 4.79 Å². The van der Waals surface area contributed by atoms with E-state index in [0.717, 1.165) is 26.1 Å². The average molecular weight is 238 g/mol. The van der Waals surface area contributed by atoms with Crippen LogP contribution < -0.4 is 5.32 Å². The summed E-state index contributed by atoms with van der Waals surface area (Å²) in [6.07, 6.45) is 1.77. The van der Waals surface area contributed by atoms with Gasteiger partial charge in [0.05, 0.1) is 0 Å². The van der Waals surface area contributed by atoms with Gasteiger partial charge >= 0.3 is 0 Å². The normalized spacial score (nSPS) is 32.9. The summed E-state index contributed by atoms with van der Waals surface area (Å²) < 4.78 is 0. The molecular weight excluding hydrogens is 212 g/mol. The van der Waals surface area contributed by atoms with Gasteiger partial charge in [-0.15, -0.1) is 0 Å². The summed E-state index contributed by atoms with van der Waals surface area (Å²) in [5.74, 6) is 1.76. The third-order valence-electron chi connectivity index (χ3n) is 4.14. The second-order valence-corrected chi connectivity index (χ2v) is 6.84. The quantitative estimate of drug-likeness (QED) is 0.796. The molecule has 2 saturated heterocycles. The topological polar surface area (TPSA) is 32.3 Å². The highest BCUT2D eigenvalue weighted by Gasteiger charge is 2.45. The molecule has 2 aliphatic rings. The predicted molar refractivity (Wildman–Crippen MR) is 69.7 cm³/mol. The van der Waals surface area contributed by atoms with Crippen molar-refractivity contribution in [1.29, 1.82) is 0 Å². The second-order valence-electron chi connectivity index (χ2n) is 6.84. The van der Waals surface area contributed by atoms with Crippen LogP contribution in [0.3, 0.4) is 0 Å². The molecule has 3 atom stereocenters. The Balaban J connectivity index is 2.03. The van der Waals surface area contributed by atoms with Crippen LogP contribution in [0.2, 0.25) is 0 Å². The van der Waals surface area contributed by atoms with Crippen molar-refractivity contribution in [3.8, 4) is 0 Å². The Kier molecular flexibility index (Phi) is 3.48. The molecule has 1 amide bonds. The third-order valence-corrected chi connectivity index (χ3v) is 4.14. The fraction of sp³-hybridized carbons (Fsp3) is 0.929. The third kappa shape index (κ3) is 2.65. The largest absolute Gasteiger partial charge is 0.339 e. The van der Waals surface area contributed by atoms with Crippen LogP contribution in [0.5, 0.6) is 0 Å². The average Bonchev–Trinajstić information content (AvgIpc) is 2.72. The molecule has 0 saturated carbocycles. The summed E-state index contributed by atoms with van der Waals surface area (Å²) in [6, 6.07) is 0.477. The van der Waals surface area contributed by atoms with E-state index < -0.39 is 0 Å². The Morgan fingerprint density at radius 1 is 1.35 bits per heavy atom. The monoisotopic (exact) mass is 238 g/mol. The molecule has 2 aliphatic heterocycles. The van der Waals surface area contributed by atoms with Crippen molar-refractivity contribution in [3.63, 3.8) is 0 Å². The number of nitrogens with one attached hydrogen (secondary N) is 1. The summed E-state index contributed by atoms with van der Waals surface area (Å²) in [5.41, 5.74) is 0.103. The highest BCUT2D eigenvalue weighted by atomic mass is 16.2. The van der Waals surface area contributed by atoms with E-state index in [4.69, 9.17) is 0 Å². The van der Waals surface area contributed by atoms with Crippen molar-refractivity contribution in [2.45, 2.75) is 46.6 Å². The van der Waals surface area contributed by atoms with Gasteiger partial charge in [-0.2, -0.15) is 0 Å². The SMILES string of the molecule is CCC1C2CNCC2CN1C(=O)CC(C)(C)C. The van der Waals surface area contributed by atoms with Gasteiger partial charge in [0.25, 0.3) is 0 Å². The fourth-order valence-electron chi connectivity index (χ4n) is 3.39. The van der Waals surface area contributed by atoms with Gasteiger partial charge < -0.3 is 10.2 Å². The van der Waals surface area contributed by atoms with Crippen LogP contribution in [0, 0.1) is 17.3 Å². The summed E-state index contributed by atoms with van der Waals surface area (Å²) >= 11 is 0. The number of hydrogen-bond acceptors (Lipinski definition) is 2. The Morgan fingerprint density at radius 3 is 2.65 bits per heavy atom. The summed E-state index contributed by atoms with van der Waals surface area (Å²) in [5, 5.41) is 3.46. The number of carbonyl (C=O) groups excluding carboxylic acids is 1. The highest BCUT2D eigenvalue weighted by molar-refractivity contribution is 5.77. The molecule has 2 rings (SSSR count). The van der Waals surface area contributed by atoms with Crippen LogP contribution in [0.25, 0.3) is 0 Å². The summed E-state index contributed by atoms with van der Waals surface area (Å²) in [6.45, 7) is 11.8. The van der Waals surface area contributed by atoms with Gasteiger partial charge in [0, 0.05) is 32.1 Å². The van der Waals surface area contributed by atoms with Crippen LogP contribution in [-0.4, -0.2) is 36.5 Å². The molecule has 1 N–H and O–H groups in total. The first kappa shape index (κ1) is 12.9. The number of carbonyl (C=O) groups is 1. The van der Waals surface area contributed by atoms with Crippen LogP contribution in [0.4, 0.5) is 0 Å². The first-order chi connectivity index (χ1) is 7.92. The number of rotatable bonds is 2. The lowest BCUT2D eigenvalue weighted by molar-refractivity contribution is -0.134. The first-order valence-corrected chi connectivity index (χ1v) is 6.92. The van der Waals surface area contributed by atoms with E-state index in [0.29, 0.717) is 30.2 Å². The van der Waals surface area contributed by atoms with Crippen molar-refractivity contribution < 1.29 is 4.79 Å². The molecule has 17 heavy (non-hydrogen) atoms. The van der Waals surface area contributed by atoms with E-state index in [1.807, 2.05) is 0 Å². The van der Waals surface area contributed by atoms with E-state index in [-0.39, 0.29) is 5.41 Å². The number of likely N-dealkylation sites (tertiary alicyclic amines) is 1. The standard InChI is InChI=1S/C14H26N2O/c1-5-12-11-8-15-7-10(11)9-16(12)13(17)6-14(2,3)4/h10-12,15H,5-9H2,1-4H3. The minimum absolute atomic E-state index is 0.103. The molecule has 0 bridgehead atoms. The van der Waals surface area contributed by atoms with E-state index in [1.165, 1.54) is 0 Å². The molecule has 0 aliphatic carbocycles. The van der Waals surface area contributed by atoms with E-state index >= 15 is 0 Å². The molecule has 98 valence electrons. The van der Waals surface area contributed by atoms with Crippen LogP contribution >= 0.6 is 0 Å². The van der Waals surface area contributed by atoms with Crippen molar-refractivity contribution >= 4 is 5.91 Å². The summed E-state index contributed by atoms with van der Waals surface area (Å²) in [4.78, 5) is 14.5. The Bertz CT molecular complexity index is 295. The second kappa shape index (κ2) is 4.60. The number of amides is 1. The van der Waals surface area contributed by atoms with Gasteiger partial charge in [-0.25, -0.2) is 0 Å². The maximum Gasteiger partial charge on any atom is 0.223 e. The van der Waals surface area contributed by atoms with Crippen molar-refractivity contribution in [1.82, 2.24) is 10.2 Å². The van der Waals surface area contributed by atoms with E-state index in [1.54, 1.807) is 0 Å². The lowest BCUT2D eigenvalue weighted by Gasteiger charge is -2.29. The lowest BCUT2D eigenvalue weighted by atomic mass is 9.90. The Hall–Kier alpha value is -0.570. The molecular formula is C14H26N2O. The zero-order valence-electron chi connectivity index (χ0n) is 11.6. The van der Waals surface area contributed by atoms with Crippen molar-refractivity contribution in [2.75, 3.05) is 19.6 Å². The molecule has 2 heterocycles. The molecule has 0 aromatic rings. The molecule has 0 aromatic heterocycles. The lowest BCUT2D eigenvalue weighted by Crippen LogP contribution is -2.40. The van der Waals surface area contributed by atoms with E-state index in [2.05, 4.69) is 37.9 Å². The van der Waals surface area contributed by atoms with Crippen molar-refractivity contribution in [2.24, 2.45) is 17.3 Å². The maximum absolute atomic E-state index is 12.4. The zero-order chi connectivity index (χ0) is 12.6. The predicted octanol–water partition coefficient (Wildman–Crippen LogP) is 1.88. The number of nitrogens with zero attached hydrogens (tertiary/aromatic N) is 1.